The summed E-state index contributed by atoms with van der Waals surface area (Å²) >= 11 is 0. The van der Waals surface area contributed by atoms with Crippen molar-refractivity contribution in [3.8, 4) is 0 Å². The second-order valence-electron chi connectivity index (χ2n) is 2.36. The van der Waals surface area contributed by atoms with Gasteiger partial charge >= 0.3 is 7.82 Å². The molecule has 0 spiro atoms. The first kappa shape index (κ1) is 15.8. The Bertz CT molecular complexity index is 204. The average Bonchev–Trinajstić information content (AvgIpc) is 2.01. The zero-order valence-electron chi connectivity index (χ0n) is 8.01. The summed E-state index contributed by atoms with van der Waals surface area (Å²) in [6.45, 7) is 6.18. The number of phosphoric acid groups is 1. The van der Waals surface area contributed by atoms with Crippen LogP contribution >= 0.6 is 7.82 Å². The van der Waals surface area contributed by atoms with Gasteiger partial charge < -0.3 is 20.0 Å². The zero-order valence-corrected chi connectivity index (χ0v) is 8.91. The number of unbranched alkanes of at least 4 members (excludes halogenated alkanes) is 1. The predicted octanol–water partition coefficient (Wildman–Crippen LogP) is 0.160. The summed E-state index contributed by atoms with van der Waals surface area (Å²) in [7, 11) is -4.64. The van der Waals surface area contributed by atoms with Crippen molar-refractivity contribution in [3.63, 3.8) is 0 Å². The quantitative estimate of drug-likeness (QED) is 0.310. The molecule has 0 radical (unpaired) electrons. The summed E-state index contributed by atoms with van der Waals surface area (Å²) in [6, 6.07) is 0. The highest BCUT2D eigenvalue weighted by atomic mass is 31.2. The topological polar surface area (TPSA) is 107 Å². The molecule has 0 atom stereocenters. The molecule has 0 saturated heterocycles. The Morgan fingerprint density at radius 1 is 1.50 bits per heavy atom. The minimum Gasteiger partial charge on any atom is -0.353 e. The van der Waals surface area contributed by atoms with E-state index in [-0.39, 0.29) is 5.91 Å². The highest BCUT2D eigenvalue weighted by molar-refractivity contribution is 7.45. The van der Waals surface area contributed by atoms with Crippen LogP contribution in [0.25, 0.3) is 0 Å². The second kappa shape index (κ2) is 8.90. The van der Waals surface area contributed by atoms with Crippen LogP contribution in [0.2, 0.25) is 0 Å². The maximum atomic E-state index is 10.5. The minimum atomic E-state index is -4.64. The van der Waals surface area contributed by atoms with Crippen LogP contribution in [0, 0.1) is 0 Å². The van der Waals surface area contributed by atoms with Crippen LogP contribution in [0.5, 0.6) is 0 Å². The van der Waals surface area contributed by atoms with Crippen LogP contribution in [-0.2, 0) is 9.36 Å². The van der Waals surface area contributed by atoms with Gasteiger partial charge in [-0.15, -0.1) is 0 Å². The number of nitrogens with one attached hydrogen (secondary N) is 1. The van der Waals surface area contributed by atoms with Crippen molar-refractivity contribution in [2.75, 3.05) is 6.54 Å². The number of amides is 1. The summed E-state index contributed by atoms with van der Waals surface area (Å²) in [5.41, 5.74) is 0. The number of hydrogen-bond acceptors (Lipinski definition) is 2. The molecule has 0 heterocycles. The lowest BCUT2D eigenvalue weighted by molar-refractivity contribution is -0.116. The van der Waals surface area contributed by atoms with Crippen molar-refractivity contribution in [3.05, 3.63) is 12.7 Å². The van der Waals surface area contributed by atoms with Gasteiger partial charge in [-0.05, 0) is 12.5 Å². The van der Waals surface area contributed by atoms with Crippen molar-refractivity contribution in [2.45, 2.75) is 19.8 Å². The van der Waals surface area contributed by atoms with Gasteiger partial charge in [-0.3, -0.25) is 4.79 Å². The van der Waals surface area contributed by atoms with Crippen LogP contribution in [0.1, 0.15) is 19.8 Å². The van der Waals surface area contributed by atoms with E-state index in [2.05, 4.69) is 18.8 Å². The van der Waals surface area contributed by atoms with E-state index in [1.807, 2.05) is 0 Å². The molecule has 7 heteroatoms. The van der Waals surface area contributed by atoms with Gasteiger partial charge in [0.25, 0.3) is 0 Å². The Kier molecular flexibility index (Phi) is 10.0. The average molecular weight is 225 g/mol. The van der Waals surface area contributed by atoms with Crippen molar-refractivity contribution in [2.24, 2.45) is 0 Å². The third-order valence-electron chi connectivity index (χ3n) is 1.01. The number of rotatable bonds is 4. The molecule has 14 heavy (non-hydrogen) atoms. The van der Waals surface area contributed by atoms with Crippen LogP contribution in [-0.4, -0.2) is 27.1 Å². The van der Waals surface area contributed by atoms with E-state index in [0.29, 0.717) is 0 Å². The third kappa shape index (κ3) is 30.2. The molecule has 0 aromatic heterocycles. The van der Waals surface area contributed by atoms with E-state index in [0.717, 1.165) is 19.4 Å². The molecule has 0 aromatic carbocycles. The summed E-state index contributed by atoms with van der Waals surface area (Å²) < 4.78 is 8.88. The van der Waals surface area contributed by atoms with E-state index in [4.69, 9.17) is 19.2 Å². The van der Waals surface area contributed by atoms with Crippen molar-refractivity contribution < 1.29 is 24.0 Å². The molecule has 0 aliphatic rings. The predicted molar refractivity (Wildman–Crippen MR) is 52.4 cm³/mol. The number of hydrogen-bond donors (Lipinski definition) is 4. The van der Waals surface area contributed by atoms with Gasteiger partial charge in [0.05, 0.1) is 0 Å². The van der Waals surface area contributed by atoms with Gasteiger partial charge in [-0.25, -0.2) is 4.57 Å². The fraction of sp³-hybridized carbons (Fsp3) is 0.571. The summed E-state index contributed by atoms with van der Waals surface area (Å²) in [5, 5.41) is 2.68. The van der Waals surface area contributed by atoms with Crippen molar-refractivity contribution >= 4 is 13.7 Å². The Morgan fingerprint density at radius 3 is 2.21 bits per heavy atom. The Hall–Kier alpha value is -0.680. The Balaban J connectivity index is 0. The summed E-state index contributed by atoms with van der Waals surface area (Å²) in [6.07, 6.45) is 3.44. The van der Waals surface area contributed by atoms with Gasteiger partial charge in [-0.1, -0.05) is 19.9 Å². The standard InChI is InChI=1S/C7H13NO.H3O4P/c1-3-5-6-8-7(9)4-2;1-5(2,3)4/h4H,2-3,5-6H2,1H3,(H,8,9);(H3,1,2,3,4). The lowest BCUT2D eigenvalue weighted by Crippen LogP contribution is -2.21. The van der Waals surface area contributed by atoms with E-state index in [9.17, 15) is 4.79 Å². The summed E-state index contributed by atoms with van der Waals surface area (Å²) in [4.78, 5) is 32.0. The van der Waals surface area contributed by atoms with Crippen molar-refractivity contribution in [1.82, 2.24) is 5.32 Å². The highest BCUT2D eigenvalue weighted by Crippen LogP contribution is 2.25. The molecule has 0 bridgehead atoms. The van der Waals surface area contributed by atoms with E-state index in [1.165, 1.54) is 6.08 Å². The normalized spacial score (nSPS) is 9.71. The monoisotopic (exact) mass is 225 g/mol. The number of carbonyl (C=O) groups is 1. The molecular formula is C7H16NO5P. The van der Waals surface area contributed by atoms with E-state index < -0.39 is 7.82 Å². The molecule has 0 fully saturated rings. The van der Waals surface area contributed by atoms with Crippen LogP contribution in [0.3, 0.4) is 0 Å². The molecule has 0 aliphatic heterocycles. The second-order valence-corrected chi connectivity index (χ2v) is 3.39. The molecule has 0 rings (SSSR count). The van der Waals surface area contributed by atoms with E-state index in [1.54, 1.807) is 0 Å². The molecule has 84 valence electrons. The maximum Gasteiger partial charge on any atom is 0.466 e. The minimum absolute atomic E-state index is 0.0801. The first-order chi connectivity index (χ1) is 6.31. The van der Waals surface area contributed by atoms with Gasteiger partial charge in [0.2, 0.25) is 5.91 Å². The SMILES string of the molecule is C=CC(=O)NCCCC.O=P(O)(O)O. The van der Waals surface area contributed by atoms with Gasteiger partial charge in [0.1, 0.15) is 0 Å². The molecule has 0 unspecified atom stereocenters. The molecule has 4 N–H and O–H groups in total. The van der Waals surface area contributed by atoms with Crippen LogP contribution in [0.4, 0.5) is 0 Å². The first-order valence-electron chi connectivity index (χ1n) is 3.99. The fourth-order valence-corrected chi connectivity index (χ4v) is 0.461. The smallest absolute Gasteiger partial charge is 0.353 e. The lowest BCUT2D eigenvalue weighted by Gasteiger charge is -1.97. The number of carbonyl (C=O) groups excluding carboxylic acids is 1. The molecule has 6 nitrogen and oxygen atoms in total. The van der Waals surface area contributed by atoms with Crippen molar-refractivity contribution in [1.29, 1.82) is 0 Å². The van der Waals surface area contributed by atoms with E-state index >= 15 is 0 Å². The van der Waals surface area contributed by atoms with Gasteiger partial charge in [0.15, 0.2) is 0 Å². The zero-order chi connectivity index (χ0) is 11.6. The Labute approximate surface area is 82.9 Å². The largest absolute Gasteiger partial charge is 0.466 e. The molecule has 0 aromatic rings. The molecule has 1 amide bonds. The summed E-state index contributed by atoms with van der Waals surface area (Å²) in [5.74, 6) is -0.0801. The van der Waals surface area contributed by atoms with Crippen LogP contribution < -0.4 is 5.32 Å². The fourth-order valence-electron chi connectivity index (χ4n) is 0.461. The molecular weight excluding hydrogens is 209 g/mol. The lowest BCUT2D eigenvalue weighted by atomic mass is 10.3. The molecule has 0 aliphatic carbocycles. The van der Waals surface area contributed by atoms with Gasteiger partial charge in [-0.2, -0.15) is 0 Å². The third-order valence-corrected chi connectivity index (χ3v) is 1.01. The first-order valence-corrected chi connectivity index (χ1v) is 5.56. The molecule has 0 saturated carbocycles. The Morgan fingerprint density at radius 2 is 1.93 bits per heavy atom. The maximum absolute atomic E-state index is 10.5. The van der Waals surface area contributed by atoms with Crippen LogP contribution in [0.15, 0.2) is 12.7 Å². The van der Waals surface area contributed by atoms with Gasteiger partial charge in [0, 0.05) is 6.54 Å². The highest BCUT2D eigenvalue weighted by Gasteiger charge is 2.00.